The quantitative estimate of drug-likeness (QED) is 0.466. The summed E-state index contributed by atoms with van der Waals surface area (Å²) in [5.74, 6) is -0.759. The maximum Gasteiger partial charge on any atom is 0.331 e. The Kier molecular flexibility index (Phi) is 6.70. The van der Waals surface area contributed by atoms with E-state index in [4.69, 9.17) is 9.47 Å². The number of aromatic nitrogens is 1. The van der Waals surface area contributed by atoms with Crippen LogP contribution in [0.3, 0.4) is 0 Å². The first kappa shape index (κ1) is 20.2. The van der Waals surface area contributed by atoms with Gasteiger partial charge in [-0.05, 0) is 48.0 Å². The van der Waals surface area contributed by atoms with Crippen molar-refractivity contribution in [3.8, 4) is 17.0 Å². The summed E-state index contributed by atoms with van der Waals surface area (Å²) in [4.78, 5) is 28.0. The van der Waals surface area contributed by atoms with Crippen molar-refractivity contribution in [1.82, 2.24) is 4.98 Å². The van der Waals surface area contributed by atoms with Gasteiger partial charge in [-0.2, -0.15) is 0 Å². The summed E-state index contributed by atoms with van der Waals surface area (Å²) >= 11 is 1.22. The van der Waals surface area contributed by atoms with E-state index in [1.807, 2.05) is 0 Å². The van der Waals surface area contributed by atoms with Crippen molar-refractivity contribution < 1.29 is 23.5 Å². The fourth-order valence-electron chi connectivity index (χ4n) is 2.30. The van der Waals surface area contributed by atoms with E-state index in [9.17, 15) is 14.0 Å². The first-order chi connectivity index (χ1) is 14.0. The molecule has 1 N–H and O–H groups in total. The third-order valence-corrected chi connectivity index (χ3v) is 4.52. The van der Waals surface area contributed by atoms with Crippen LogP contribution in [-0.4, -0.2) is 30.6 Å². The molecular formula is C21H17FN2O4S. The van der Waals surface area contributed by atoms with Crippen LogP contribution in [0.5, 0.6) is 5.75 Å². The van der Waals surface area contributed by atoms with E-state index in [0.29, 0.717) is 16.6 Å². The molecule has 148 valence electrons. The van der Waals surface area contributed by atoms with E-state index >= 15 is 0 Å². The Bertz CT molecular complexity index is 1010. The number of rotatable bonds is 7. The number of ether oxygens (including phenoxy) is 2. The SMILES string of the molecule is COc1ccc(/C=C/C(=O)OCC(=O)Nc2nc(-c3ccc(F)cc3)cs2)cc1. The van der Waals surface area contributed by atoms with Crippen LogP contribution in [-0.2, 0) is 14.3 Å². The van der Waals surface area contributed by atoms with Gasteiger partial charge in [-0.25, -0.2) is 14.2 Å². The lowest BCUT2D eigenvalue weighted by Gasteiger charge is -2.02. The first-order valence-electron chi connectivity index (χ1n) is 8.54. The summed E-state index contributed by atoms with van der Waals surface area (Å²) in [6.45, 7) is -0.433. The zero-order valence-electron chi connectivity index (χ0n) is 15.4. The summed E-state index contributed by atoms with van der Waals surface area (Å²) in [7, 11) is 1.57. The molecule has 0 saturated carbocycles. The Morgan fingerprint density at radius 3 is 2.55 bits per heavy atom. The van der Waals surface area contributed by atoms with Gasteiger partial charge in [-0.15, -0.1) is 11.3 Å². The van der Waals surface area contributed by atoms with E-state index in [0.717, 1.165) is 11.1 Å². The maximum absolute atomic E-state index is 13.0. The number of carbonyl (C=O) groups excluding carboxylic acids is 2. The molecule has 0 bridgehead atoms. The fraction of sp³-hybridized carbons (Fsp3) is 0.0952. The van der Waals surface area contributed by atoms with Gasteiger partial charge in [0.1, 0.15) is 11.6 Å². The molecule has 0 fully saturated rings. The van der Waals surface area contributed by atoms with Crippen molar-refractivity contribution in [3.63, 3.8) is 0 Å². The number of nitrogens with one attached hydrogen (secondary N) is 1. The van der Waals surface area contributed by atoms with Gasteiger partial charge in [0.25, 0.3) is 5.91 Å². The second-order valence-corrected chi connectivity index (χ2v) is 6.67. The number of amides is 1. The minimum absolute atomic E-state index is 0.333. The summed E-state index contributed by atoms with van der Waals surface area (Å²) in [5, 5.41) is 4.67. The lowest BCUT2D eigenvalue weighted by atomic mass is 10.2. The average molecular weight is 412 g/mol. The Morgan fingerprint density at radius 2 is 1.86 bits per heavy atom. The topological polar surface area (TPSA) is 77.5 Å². The predicted octanol–water partition coefficient (Wildman–Crippen LogP) is 4.15. The standard InChI is InChI=1S/C21H17FN2O4S/c1-27-17-9-2-14(3-10-17)4-11-20(26)28-12-19(25)24-21-23-18(13-29-21)15-5-7-16(22)8-6-15/h2-11,13H,12H2,1H3,(H,23,24,25)/b11-4+. The van der Waals surface area contributed by atoms with Gasteiger partial charge in [-0.1, -0.05) is 12.1 Å². The molecule has 0 radical (unpaired) electrons. The molecule has 3 aromatic rings. The van der Waals surface area contributed by atoms with Crippen molar-refractivity contribution >= 4 is 34.4 Å². The van der Waals surface area contributed by atoms with Crippen LogP contribution < -0.4 is 10.1 Å². The van der Waals surface area contributed by atoms with Crippen molar-refractivity contribution in [2.24, 2.45) is 0 Å². The van der Waals surface area contributed by atoms with Gasteiger partial charge in [0.15, 0.2) is 11.7 Å². The largest absolute Gasteiger partial charge is 0.497 e. The van der Waals surface area contributed by atoms with E-state index < -0.39 is 18.5 Å². The lowest BCUT2D eigenvalue weighted by Crippen LogP contribution is -2.20. The van der Waals surface area contributed by atoms with Crippen LogP contribution in [0, 0.1) is 5.82 Å². The van der Waals surface area contributed by atoms with Gasteiger partial charge < -0.3 is 9.47 Å². The fourth-order valence-corrected chi connectivity index (χ4v) is 3.04. The maximum atomic E-state index is 13.0. The highest BCUT2D eigenvalue weighted by Gasteiger charge is 2.10. The molecule has 1 aromatic heterocycles. The molecule has 0 aliphatic heterocycles. The number of hydrogen-bond acceptors (Lipinski definition) is 6. The molecule has 0 unspecified atom stereocenters. The molecule has 0 spiro atoms. The normalized spacial score (nSPS) is 10.7. The monoisotopic (exact) mass is 412 g/mol. The van der Waals surface area contributed by atoms with E-state index in [1.54, 1.807) is 55.0 Å². The molecule has 1 amide bonds. The highest BCUT2D eigenvalue weighted by molar-refractivity contribution is 7.14. The van der Waals surface area contributed by atoms with E-state index in [2.05, 4.69) is 10.3 Å². The highest BCUT2D eigenvalue weighted by Crippen LogP contribution is 2.25. The van der Waals surface area contributed by atoms with Crippen LogP contribution in [0.25, 0.3) is 17.3 Å². The Balaban J connectivity index is 1.47. The second kappa shape index (κ2) is 9.61. The van der Waals surface area contributed by atoms with Crippen LogP contribution in [0.1, 0.15) is 5.56 Å². The number of benzene rings is 2. The zero-order chi connectivity index (χ0) is 20.6. The third kappa shape index (κ3) is 5.98. The first-order valence-corrected chi connectivity index (χ1v) is 9.41. The number of hydrogen-bond donors (Lipinski definition) is 1. The number of thiazole rings is 1. The Labute approximate surface area is 170 Å². The molecule has 1 heterocycles. The van der Waals surface area contributed by atoms with Gasteiger partial charge in [-0.3, -0.25) is 10.1 Å². The highest BCUT2D eigenvalue weighted by atomic mass is 32.1. The number of halogens is 1. The molecule has 6 nitrogen and oxygen atoms in total. The predicted molar refractivity (Wildman–Crippen MR) is 109 cm³/mol. The Morgan fingerprint density at radius 1 is 1.14 bits per heavy atom. The summed E-state index contributed by atoms with van der Waals surface area (Å²) < 4.78 is 23.0. The molecule has 0 aliphatic rings. The number of anilines is 1. The molecule has 0 atom stereocenters. The van der Waals surface area contributed by atoms with Crippen LogP contribution >= 0.6 is 11.3 Å². The van der Waals surface area contributed by atoms with Crippen molar-refractivity contribution in [3.05, 3.63) is 71.4 Å². The lowest BCUT2D eigenvalue weighted by molar-refractivity contribution is -0.142. The smallest absolute Gasteiger partial charge is 0.331 e. The third-order valence-electron chi connectivity index (χ3n) is 3.76. The second-order valence-electron chi connectivity index (χ2n) is 5.81. The van der Waals surface area contributed by atoms with Crippen molar-refractivity contribution in [2.45, 2.75) is 0 Å². The number of esters is 1. The minimum Gasteiger partial charge on any atom is -0.497 e. The van der Waals surface area contributed by atoms with Gasteiger partial charge in [0.05, 0.1) is 12.8 Å². The molecule has 29 heavy (non-hydrogen) atoms. The minimum atomic E-state index is -0.637. The molecular weight excluding hydrogens is 395 g/mol. The summed E-state index contributed by atoms with van der Waals surface area (Å²) in [5.41, 5.74) is 2.14. The Hall–Kier alpha value is -3.52. The van der Waals surface area contributed by atoms with Gasteiger partial charge in [0.2, 0.25) is 0 Å². The van der Waals surface area contributed by atoms with E-state index in [-0.39, 0.29) is 5.82 Å². The van der Waals surface area contributed by atoms with Gasteiger partial charge in [0, 0.05) is 17.0 Å². The molecule has 8 heteroatoms. The molecule has 3 rings (SSSR count). The average Bonchev–Trinajstić information content (AvgIpc) is 3.20. The zero-order valence-corrected chi connectivity index (χ0v) is 16.2. The number of carbonyl (C=O) groups is 2. The summed E-state index contributed by atoms with van der Waals surface area (Å²) in [6, 6.07) is 13.0. The van der Waals surface area contributed by atoms with Crippen LogP contribution in [0.2, 0.25) is 0 Å². The number of methoxy groups -OCH3 is 1. The van der Waals surface area contributed by atoms with Crippen LogP contribution in [0.15, 0.2) is 60.0 Å². The molecule has 0 saturated heterocycles. The summed E-state index contributed by atoms with van der Waals surface area (Å²) in [6.07, 6.45) is 2.82. The number of nitrogens with zero attached hydrogens (tertiary/aromatic N) is 1. The molecule has 0 aliphatic carbocycles. The van der Waals surface area contributed by atoms with E-state index in [1.165, 1.54) is 29.5 Å². The van der Waals surface area contributed by atoms with Crippen LogP contribution in [0.4, 0.5) is 9.52 Å². The molecule has 2 aromatic carbocycles. The van der Waals surface area contributed by atoms with Gasteiger partial charge >= 0.3 is 5.97 Å². The van der Waals surface area contributed by atoms with Crippen molar-refractivity contribution in [1.29, 1.82) is 0 Å². The van der Waals surface area contributed by atoms with Crippen molar-refractivity contribution in [2.75, 3.05) is 19.0 Å².